The maximum Gasteiger partial charge on any atom is 0.344 e. The molecule has 0 saturated carbocycles. The molecule has 0 aliphatic heterocycles. The van der Waals surface area contributed by atoms with E-state index in [1.165, 1.54) is 6.21 Å². The minimum absolute atomic E-state index is 0.475. The standard InChI is InChI=1S/C13H10BrNO4/c14-10-3-1-9(2-4-10)12-6-5-11(19-12)7-15-18-8-13(16)17/h1-7H,8H2,(H,16,17). The molecule has 1 aromatic heterocycles. The predicted molar refractivity (Wildman–Crippen MR) is 73.0 cm³/mol. The summed E-state index contributed by atoms with van der Waals surface area (Å²) in [5.74, 6) is 0.114. The molecule has 0 aliphatic rings. The van der Waals surface area contributed by atoms with Crippen LogP contribution in [0.15, 0.2) is 50.4 Å². The lowest BCUT2D eigenvalue weighted by Gasteiger charge is -1.96. The van der Waals surface area contributed by atoms with Crippen LogP contribution >= 0.6 is 15.9 Å². The molecule has 0 bridgehead atoms. The molecule has 1 heterocycles. The zero-order chi connectivity index (χ0) is 13.7. The molecule has 2 aromatic rings. The van der Waals surface area contributed by atoms with Crippen LogP contribution in [-0.4, -0.2) is 23.9 Å². The van der Waals surface area contributed by atoms with Gasteiger partial charge >= 0.3 is 5.97 Å². The van der Waals surface area contributed by atoms with Crippen LogP contribution in [0, 0.1) is 0 Å². The van der Waals surface area contributed by atoms with Crippen molar-refractivity contribution in [2.24, 2.45) is 5.16 Å². The molecular weight excluding hydrogens is 314 g/mol. The Morgan fingerprint density at radius 1 is 1.32 bits per heavy atom. The van der Waals surface area contributed by atoms with E-state index in [2.05, 4.69) is 25.9 Å². The summed E-state index contributed by atoms with van der Waals surface area (Å²) in [6.07, 6.45) is 1.32. The summed E-state index contributed by atoms with van der Waals surface area (Å²) in [5, 5.41) is 11.9. The molecular formula is C13H10BrNO4. The summed E-state index contributed by atoms with van der Waals surface area (Å²) in [6, 6.07) is 11.2. The fourth-order valence-corrected chi connectivity index (χ4v) is 1.64. The number of hydrogen-bond acceptors (Lipinski definition) is 4. The SMILES string of the molecule is O=C(O)CON=Cc1ccc(-c2ccc(Br)cc2)o1. The van der Waals surface area contributed by atoms with Crippen LogP contribution in [0.3, 0.4) is 0 Å². The second kappa shape index (κ2) is 6.19. The van der Waals surface area contributed by atoms with Gasteiger partial charge in [0.1, 0.15) is 17.7 Å². The third kappa shape index (κ3) is 3.96. The average molecular weight is 324 g/mol. The summed E-state index contributed by atoms with van der Waals surface area (Å²) in [4.78, 5) is 14.7. The first-order valence-corrected chi connectivity index (χ1v) is 6.17. The van der Waals surface area contributed by atoms with Gasteiger partial charge in [-0.15, -0.1) is 0 Å². The molecule has 0 unspecified atom stereocenters. The highest BCUT2D eigenvalue weighted by molar-refractivity contribution is 9.10. The van der Waals surface area contributed by atoms with Gasteiger partial charge in [-0.1, -0.05) is 33.2 Å². The molecule has 2 rings (SSSR count). The monoisotopic (exact) mass is 323 g/mol. The first-order valence-electron chi connectivity index (χ1n) is 5.38. The van der Waals surface area contributed by atoms with E-state index in [9.17, 15) is 4.79 Å². The maximum atomic E-state index is 10.2. The van der Waals surface area contributed by atoms with E-state index < -0.39 is 12.6 Å². The fourth-order valence-electron chi connectivity index (χ4n) is 1.37. The number of carbonyl (C=O) groups is 1. The summed E-state index contributed by atoms with van der Waals surface area (Å²) >= 11 is 3.36. The molecule has 19 heavy (non-hydrogen) atoms. The van der Waals surface area contributed by atoms with Gasteiger partial charge in [0.25, 0.3) is 0 Å². The van der Waals surface area contributed by atoms with Crippen molar-refractivity contribution in [1.29, 1.82) is 0 Å². The number of oxime groups is 1. The van der Waals surface area contributed by atoms with Crippen molar-refractivity contribution >= 4 is 28.1 Å². The Bertz CT molecular complexity index is 589. The zero-order valence-corrected chi connectivity index (χ0v) is 11.3. The fraction of sp³-hybridized carbons (Fsp3) is 0.0769. The normalized spacial score (nSPS) is 10.8. The summed E-state index contributed by atoms with van der Waals surface area (Å²) < 4.78 is 6.52. The predicted octanol–water partition coefficient (Wildman–Crippen LogP) is 3.14. The molecule has 0 radical (unpaired) electrons. The van der Waals surface area contributed by atoms with Gasteiger partial charge in [0.2, 0.25) is 6.61 Å². The van der Waals surface area contributed by atoms with Gasteiger partial charge in [-0.25, -0.2) is 4.79 Å². The number of benzene rings is 1. The number of furan rings is 1. The van der Waals surface area contributed by atoms with Crippen LogP contribution in [0.5, 0.6) is 0 Å². The number of carboxylic acid groups (broad SMARTS) is 1. The number of halogens is 1. The first kappa shape index (κ1) is 13.4. The Labute approximate surface area is 117 Å². The minimum Gasteiger partial charge on any atom is -0.479 e. The van der Waals surface area contributed by atoms with E-state index in [1.807, 2.05) is 30.3 Å². The van der Waals surface area contributed by atoms with Gasteiger partial charge in [-0.3, -0.25) is 0 Å². The second-order valence-corrected chi connectivity index (χ2v) is 4.53. The third-order valence-corrected chi connectivity index (χ3v) is 2.73. The third-order valence-electron chi connectivity index (χ3n) is 2.20. The lowest BCUT2D eigenvalue weighted by molar-refractivity contribution is -0.142. The van der Waals surface area contributed by atoms with Crippen molar-refractivity contribution in [3.63, 3.8) is 0 Å². The largest absolute Gasteiger partial charge is 0.479 e. The van der Waals surface area contributed by atoms with Crippen molar-refractivity contribution in [2.45, 2.75) is 0 Å². The van der Waals surface area contributed by atoms with E-state index in [-0.39, 0.29) is 0 Å². The highest BCUT2D eigenvalue weighted by Crippen LogP contribution is 2.23. The summed E-state index contributed by atoms with van der Waals surface area (Å²) in [5.41, 5.74) is 0.939. The van der Waals surface area contributed by atoms with Crippen molar-refractivity contribution < 1.29 is 19.2 Å². The molecule has 1 N–H and O–H groups in total. The van der Waals surface area contributed by atoms with Crippen LogP contribution in [0.2, 0.25) is 0 Å². The van der Waals surface area contributed by atoms with Crippen LogP contribution in [0.25, 0.3) is 11.3 Å². The van der Waals surface area contributed by atoms with Gasteiger partial charge in [0.15, 0.2) is 0 Å². The van der Waals surface area contributed by atoms with Crippen LogP contribution < -0.4 is 0 Å². The van der Waals surface area contributed by atoms with E-state index in [4.69, 9.17) is 9.52 Å². The van der Waals surface area contributed by atoms with E-state index in [0.29, 0.717) is 11.5 Å². The molecule has 0 amide bonds. The Morgan fingerprint density at radius 2 is 2.05 bits per heavy atom. The van der Waals surface area contributed by atoms with Crippen LogP contribution in [0.4, 0.5) is 0 Å². The lowest BCUT2D eigenvalue weighted by Crippen LogP contribution is -2.03. The molecule has 0 aliphatic carbocycles. The molecule has 0 spiro atoms. The highest BCUT2D eigenvalue weighted by Gasteiger charge is 2.03. The van der Waals surface area contributed by atoms with Gasteiger partial charge in [0.05, 0.1) is 0 Å². The van der Waals surface area contributed by atoms with Crippen molar-refractivity contribution in [2.75, 3.05) is 6.61 Å². The topological polar surface area (TPSA) is 72.0 Å². The second-order valence-electron chi connectivity index (χ2n) is 3.61. The quantitative estimate of drug-likeness (QED) is 0.677. The van der Waals surface area contributed by atoms with Crippen LogP contribution in [-0.2, 0) is 9.63 Å². The molecule has 1 aromatic carbocycles. The van der Waals surface area contributed by atoms with E-state index in [1.54, 1.807) is 6.07 Å². The zero-order valence-electron chi connectivity index (χ0n) is 9.75. The molecule has 0 saturated heterocycles. The molecule has 0 fully saturated rings. The molecule has 6 heteroatoms. The van der Waals surface area contributed by atoms with Gasteiger partial charge in [0, 0.05) is 10.0 Å². The maximum absolute atomic E-state index is 10.2. The van der Waals surface area contributed by atoms with Crippen molar-refractivity contribution in [3.8, 4) is 11.3 Å². The number of carboxylic acids is 1. The van der Waals surface area contributed by atoms with Crippen molar-refractivity contribution in [3.05, 3.63) is 46.6 Å². The molecule has 5 nitrogen and oxygen atoms in total. The highest BCUT2D eigenvalue weighted by atomic mass is 79.9. The minimum atomic E-state index is -1.08. The number of aliphatic carboxylic acids is 1. The molecule has 98 valence electrons. The Kier molecular flexibility index (Phi) is 4.35. The number of hydrogen-bond donors (Lipinski definition) is 1. The Balaban J connectivity index is 2.02. The lowest BCUT2D eigenvalue weighted by atomic mass is 10.2. The summed E-state index contributed by atoms with van der Waals surface area (Å²) in [6.45, 7) is -0.475. The average Bonchev–Trinajstić information content (AvgIpc) is 2.84. The number of rotatable bonds is 5. The Morgan fingerprint density at radius 3 is 2.74 bits per heavy atom. The van der Waals surface area contributed by atoms with E-state index in [0.717, 1.165) is 10.0 Å². The first-order chi connectivity index (χ1) is 9.15. The number of nitrogens with zero attached hydrogens (tertiary/aromatic N) is 1. The van der Waals surface area contributed by atoms with Crippen LogP contribution in [0.1, 0.15) is 5.76 Å². The summed E-state index contributed by atoms with van der Waals surface area (Å²) in [7, 11) is 0. The van der Waals surface area contributed by atoms with Gasteiger partial charge < -0.3 is 14.4 Å². The van der Waals surface area contributed by atoms with Gasteiger partial charge in [-0.05, 0) is 24.3 Å². The van der Waals surface area contributed by atoms with E-state index >= 15 is 0 Å². The van der Waals surface area contributed by atoms with Crippen molar-refractivity contribution in [1.82, 2.24) is 0 Å². The molecule has 0 atom stereocenters. The van der Waals surface area contributed by atoms with Gasteiger partial charge in [-0.2, -0.15) is 0 Å². The Hall–Kier alpha value is -2.08. The smallest absolute Gasteiger partial charge is 0.344 e.